The van der Waals surface area contributed by atoms with Crippen molar-refractivity contribution in [1.29, 1.82) is 0 Å². The predicted molar refractivity (Wildman–Crippen MR) is 77.2 cm³/mol. The van der Waals surface area contributed by atoms with Gasteiger partial charge in [0.15, 0.2) is 0 Å². The zero-order valence-corrected chi connectivity index (χ0v) is 12.9. The molecule has 1 aromatic carbocycles. The highest BCUT2D eigenvalue weighted by atomic mass is 35.5. The van der Waals surface area contributed by atoms with Crippen molar-refractivity contribution < 1.29 is 19.4 Å². The molecular formula is C15H19ClO4. The van der Waals surface area contributed by atoms with Crippen LogP contribution in [0, 0.1) is 13.8 Å². The Morgan fingerprint density at radius 2 is 1.70 bits per heavy atom. The lowest BCUT2D eigenvalue weighted by molar-refractivity contribution is -0.147. The first kappa shape index (κ1) is 15.0. The van der Waals surface area contributed by atoms with Crippen molar-refractivity contribution in [3.63, 3.8) is 0 Å². The summed E-state index contributed by atoms with van der Waals surface area (Å²) in [7, 11) is 3.08. The Balaban J connectivity index is 2.81. The summed E-state index contributed by atoms with van der Waals surface area (Å²) in [6.45, 7) is 3.66. The van der Waals surface area contributed by atoms with E-state index in [1.807, 2.05) is 13.8 Å². The van der Waals surface area contributed by atoms with E-state index in [1.165, 1.54) is 7.11 Å². The first-order valence-electron chi connectivity index (χ1n) is 6.55. The van der Waals surface area contributed by atoms with Crippen LogP contribution in [0.4, 0.5) is 0 Å². The minimum Gasteiger partial charge on any atom is -0.496 e. The fourth-order valence-electron chi connectivity index (χ4n) is 3.08. The normalized spacial score (nSPS) is 16.4. The first-order chi connectivity index (χ1) is 9.40. The van der Waals surface area contributed by atoms with E-state index < -0.39 is 11.4 Å². The number of aliphatic carboxylic acids is 1. The molecule has 0 spiro atoms. The molecule has 0 unspecified atom stereocenters. The van der Waals surface area contributed by atoms with Gasteiger partial charge in [0, 0.05) is 16.7 Å². The topological polar surface area (TPSA) is 55.8 Å². The lowest BCUT2D eigenvalue weighted by Gasteiger charge is -2.40. The molecule has 20 heavy (non-hydrogen) atoms. The molecule has 5 heteroatoms. The lowest BCUT2D eigenvalue weighted by atomic mass is 9.62. The second-order valence-corrected chi connectivity index (χ2v) is 5.62. The molecule has 0 bridgehead atoms. The van der Waals surface area contributed by atoms with E-state index in [0.717, 1.165) is 17.5 Å². The second-order valence-electron chi connectivity index (χ2n) is 5.25. The molecule has 0 radical (unpaired) electrons. The largest absolute Gasteiger partial charge is 0.496 e. The summed E-state index contributed by atoms with van der Waals surface area (Å²) in [4.78, 5) is 11.8. The summed E-state index contributed by atoms with van der Waals surface area (Å²) in [6, 6.07) is 0. The van der Waals surface area contributed by atoms with Gasteiger partial charge in [0.05, 0.1) is 24.7 Å². The molecule has 1 aromatic rings. The summed E-state index contributed by atoms with van der Waals surface area (Å²) >= 11 is 6.29. The van der Waals surface area contributed by atoms with Crippen molar-refractivity contribution >= 4 is 17.6 Å². The average Bonchev–Trinajstić information content (AvgIpc) is 2.34. The van der Waals surface area contributed by atoms with Gasteiger partial charge in [0.2, 0.25) is 0 Å². The molecule has 0 aliphatic heterocycles. The summed E-state index contributed by atoms with van der Waals surface area (Å²) in [5.41, 5.74) is 1.30. The van der Waals surface area contributed by atoms with E-state index in [-0.39, 0.29) is 0 Å². The highest BCUT2D eigenvalue weighted by Crippen LogP contribution is 2.53. The summed E-state index contributed by atoms with van der Waals surface area (Å²) in [5, 5.41) is 10.2. The highest BCUT2D eigenvalue weighted by molar-refractivity contribution is 6.33. The lowest BCUT2D eigenvalue weighted by Crippen LogP contribution is -2.43. The number of carboxylic acid groups (broad SMARTS) is 1. The standard InChI is InChI=1S/C15H19ClO4/c1-8-10(15(14(17)18)6-5-7-15)12(19-3)9(2)11(16)13(8)20-4/h5-7H2,1-4H3,(H,17,18). The van der Waals surface area contributed by atoms with Crippen LogP contribution in [0.1, 0.15) is 36.0 Å². The predicted octanol–water partition coefficient (Wildman–Crippen LogP) is 3.48. The van der Waals surface area contributed by atoms with E-state index in [0.29, 0.717) is 34.9 Å². The summed E-state index contributed by atoms with van der Waals surface area (Å²) in [5.74, 6) is 0.289. The summed E-state index contributed by atoms with van der Waals surface area (Å²) in [6.07, 6.45) is 2.13. The van der Waals surface area contributed by atoms with Crippen molar-refractivity contribution in [2.45, 2.75) is 38.5 Å². The fourth-order valence-corrected chi connectivity index (χ4v) is 3.39. The van der Waals surface area contributed by atoms with Gasteiger partial charge < -0.3 is 14.6 Å². The smallest absolute Gasteiger partial charge is 0.314 e. The van der Waals surface area contributed by atoms with Crippen LogP contribution in [0.25, 0.3) is 0 Å². The molecule has 0 atom stereocenters. The monoisotopic (exact) mass is 298 g/mol. The average molecular weight is 299 g/mol. The molecule has 2 rings (SSSR count). The Bertz CT molecular complexity index is 562. The van der Waals surface area contributed by atoms with Crippen LogP contribution in [0.5, 0.6) is 11.5 Å². The van der Waals surface area contributed by atoms with Gasteiger partial charge >= 0.3 is 5.97 Å². The van der Waals surface area contributed by atoms with Gasteiger partial charge in [-0.05, 0) is 26.7 Å². The van der Waals surface area contributed by atoms with Gasteiger partial charge in [-0.3, -0.25) is 4.79 Å². The van der Waals surface area contributed by atoms with Crippen LogP contribution in [-0.4, -0.2) is 25.3 Å². The number of hydrogen-bond acceptors (Lipinski definition) is 3. The Kier molecular flexibility index (Phi) is 3.87. The van der Waals surface area contributed by atoms with Gasteiger partial charge in [0.25, 0.3) is 0 Å². The number of halogens is 1. The van der Waals surface area contributed by atoms with Crippen molar-refractivity contribution in [2.75, 3.05) is 14.2 Å². The van der Waals surface area contributed by atoms with Crippen molar-refractivity contribution in [3.8, 4) is 11.5 Å². The van der Waals surface area contributed by atoms with Crippen molar-refractivity contribution in [1.82, 2.24) is 0 Å². The Morgan fingerprint density at radius 3 is 2.05 bits per heavy atom. The molecule has 1 fully saturated rings. The zero-order chi connectivity index (χ0) is 15.1. The maximum absolute atomic E-state index is 11.8. The molecule has 110 valence electrons. The maximum atomic E-state index is 11.8. The molecule has 1 aliphatic rings. The van der Waals surface area contributed by atoms with E-state index in [4.69, 9.17) is 21.1 Å². The zero-order valence-electron chi connectivity index (χ0n) is 12.2. The second kappa shape index (κ2) is 5.17. The van der Waals surface area contributed by atoms with Crippen molar-refractivity contribution in [3.05, 3.63) is 21.7 Å². The van der Waals surface area contributed by atoms with Crippen LogP contribution in [0.15, 0.2) is 0 Å². The third kappa shape index (κ3) is 1.85. The van der Waals surface area contributed by atoms with E-state index in [9.17, 15) is 9.90 Å². The molecule has 0 aromatic heterocycles. The van der Waals surface area contributed by atoms with E-state index in [2.05, 4.69) is 0 Å². The minimum absolute atomic E-state index is 0.477. The molecule has 1 aliphatic carbocycles. The van der Waals surface area contributed by atoms with E-state index >= 15 is 0 Å². The molecule has 4 nitrogen and oxygen atoms in total. The maximum Gasteiger partial charge on any atom is 0.314 e. The van der Waals surface area contributed by atoms with Crippen LogP contribution < -0.4 is 9.47 Å². The number of ether oxygens (including phenoxy) is 2. The summed E-state index contributed by atoms with van der Waals surface area (Å²) < 4.78 is 10.8. The Labute approximate surface area is 123 Å². The van der Waals surface area contributed by atoms with Crippen LogP contribution >= 0.6 is 11.6 Å². The van der Waals surface area contributed by atoms with Gasteiger partial charge in [-0.15, -0.1) is 0 Å². The molecule has 0 amide bonds. The van der Waals surface area contributed by atoms with Gasteiger partial charge in [-0.25, -0.2) is 0 Å². The fraction of sp³-hybridized carbons (Fsp3) is 0.533. The van der Waals surface area contributed by atoms with Crippen LogP contribution in [0.3, 0.4) is 0 Å². The van der Waals surface area contributed by atoms with Crippen LogP contribution in [0.2, 0.25) is 5.02 Å². The van der Waals surface area contributed by atoms with Crippen molar-refractivity contribution in [2.24, 2.45) is 0 Å². The molecular weight excluding hydrogens is 280 g/mol. The number of rotatable bonds is 4. The first-order valence-corrected chi connectivity index (χ1v) is 6.93. The van der Waals surface area contributed by atoms with Gasteiger partial charge in [-0.2, -0.15) is 0 Å². The molecule has 1 N–H and O–H groups in total. The third-order valence-corrected chi connectivity index (χ3v) is 4.77. The SMILES string of the molecule is COc1c(C)c(C2(C(=O)O)CCC2)c(OC)c(C)c1Cl. The molecule has 0 saturated heterocycles. The Morgan fingerprint density at radius 1 is 1.15 bits per heavy atom. The van der Waals surface area contributed by atoms with E-state index in [1.54, 1.807) is 7.11 Å². The van der Waals surface area contributed by atoms with Gasteiger partial charge in [0.1, 0.15) is 11.5 Å². The third-order valence-electron chi connectivity index (χ3n) is 4.32. The number of carboxylic acids is 1. The highest BCUT2D eigenvalue weighted by Gasteiger charge is 2.49. The van der Waals surface area contributed by atoms with Crippen LogP contribution in [-0.2, 0) is 10.2 Å². The number of carbonyl (C=O) groups is 1. The van der Waals surface area contributed by atoms with Gasteiger partial charge in [-0.1, -0.05) is 18.0 Å². The minimum atomic E-state index is -0.877. The quantitative estimate of drug-likeness (QED) is 0.924. The Hall–Kier alpha value is -1.42. The number of hydrogen-bond donors (Lipinski definition) is 1. The number of methoxy groups -OCH3 is 2. The molecule has 0 heterocycles. The number of benzene rings is 1. The molecule has 1 saturated carbocycles.